The minimum Gasteiger partial charge on any atom is -0.497 e. The van der Waals surface area contributed by atoms with Crippen LogP contribution in [0.5, 0.6) is 5.75 Å². The highest BCUT2D eigenvalue weighted by Gasteiger charge is 2.39. The summed E-state index contributed by atoms with van der Waals surface area (Å²) in [5.41, 5.74) is 3.64. The Morgan fingerprint density at radius 2 is 2.06 bits per heavy atom. The van der Waals surface area contributed by atoms with Gasteiger partial charge in [-0.15, -0.1) is 0 Å². The van der Waals surface area contributed by atoms with Crippen LogP contribution < -0.4 is 10.1 Å². The molecule has 2 aliphatic rings. The molecule has 2 bridgehead atoms. The summed E-state index contributed by atoms with van der Waals surface area (Å²) in [6.45, 7) is 5.01. The number of ether oxygens (including phenoxy) is 1. The Bertz CT molecular complexity index is 1230. The van der Waals surface area contributed by atoms with E-state index in [9.17, 15) is 9.59 Å². The first-order valence-corrected chi connectivity index (χ1v) is 11.8. The fourth-order valence-corrected chi connectivity index (χ4v) is 5.54. The highest BCUT2D eigenvalue weighted by atomic mass is 16.5. The quantitative estimate of drug-likeness (QED) is 0.616. The molecule has 0 spiro atoms. The number of aromatic nitrogens is 2. The molecule has 2 atom stereocenters. The molecule has 2 amide bonds. The molecule has 1 aliphatic heterocycles. The number of nitrogens with zero attached hydrogens (tertiary/aromatic N) is 3. The van der Waals surface area contributed by atoms with Gasteiger partial charge in [0.2, 0.25) is 5.91 Å². The number of rotatable bonds is 5. The molecule has 1 aromatic heterocycles. The maximum Gasteiger partial charge on any atom is 0.256 e. The number of imidazole rings is 1. The number of amides is 2. The lowest BCUT2D eigenvalue weighted by atomic mass is 9.90. The lowest BCUT2D eigenvalue weighted by molar-refractivity contribution is -0.114. The normalized spacial score (nSPS) is 19.7. The number of carbonyl (C=O) groups is 2. The molecule has 1 N–H and O–H groups in total. The Hall–Kier alpha value is -3.35. The Balaban J connectivity index is 1.68. The van der Waals surface area contributed by atoms with Gasteiger partial charge in [0.1, 0.15) is 11.6 Å². The first-order valence-electron chi connectivity index (χ1n) is 11.8. The fourth-order valence-electron chi connectivity index (χ4n) is 5.54. The Morgan fingerprint density at radius 1 is 1.21 bits per heavy atom. The molecule has 7 nitrogen and oxygen atoms in total. The van der Waals surface area contributed by atoms with Gasteiger partial charge in [0.05, 0.1) is 23.7 Å². The molecule has 0 unspecified atom stereocenters. The van der Waals surface area contributed by atoms with E-state index in [-0.39, 0.29) is 11.8 Å². The van der Waals surface area contributed by atoms with E-state index in [0.717, 1.165) is 42.0 Å². The predicted molar refractivity (Wildman–Crippen MR) is 128 cm³/mol. The molecular weight excluding hydrogens is 416 g/mol. The lowest BCUT2D eigenvalue weighted by Gasteiger charge is -2.25. The lowest BCUT2D eigenvalue weighted by Crippen LogP contribution is -2.35. The van der Waals surface area contributed by atoms with Crippen LogP contribution in [0.1, 0.15) is 49.9 Å². The second kappa shape index (κ2) is 8.54. The summed E-state index contributed by atoms with van der Waals surface area (Å²) in [6, 6.07) is 11.8. The predicted octanol–water partition coefficient (Wildman–Crippen LogP) is 4.70. The van der Waals surface area contributed by atoms with Crippen LogP contribution in [-0.2, 0) is 11.3 Å². The molecule has 2 heterocycles. The number of aryl methyl sites for hydroxylation is 1. The molecule has 1 aliphatic carbocycles. The van der Waals surface area contributed by atoms with Crippen molar-refractivity contribution in [3.05, 3.63) is 42.0 Å². The van der Waals surface area contributed by atoms with E-state index in [1.54, 1.807) is 7.11 Å². The first-order chi connectivity index (χ1) is 16.0. The zero-order chi connectivity index (χ0) is 23.1. The molecule has 7 heteroatoms. The number of nitrogens with one attached hydrogen (secondary N) is 1. The van der Waals surface area contributed by atoms with E-state index in [0.29, 0.717) is 35.3 Å². The highest BCUT2D eigenvalue weighted by Crippen LogP contribution is 2.38. The second-order valence-corrected chi connectivity index (χ2v) is 9.13. The van der Waals surface area contributed by atoms with Gasteiger partial charge in [-0.1, -0.05) is 18.6 Å². The van der Waals surface area contributed by atoms with Crippen molar-refractivity contribution in [3.8, 4) is 17.1 Å². The van der Waals surface area contributed by atoms with Crippen LogP contribution in [0.15, 0.2) is 36.4 Å². The zero-order valence-electron chi connectivity index (χ0n) is 19.4. The van der Waals surface area contributed by atoms with E-state index in [1.165, 1.54) is 19.8 Å². The average Bonchev–Trinajstić information content (AvgIpc) is 3.33. The van der Waals surface area contributed by atoms with Crippen LogP contribution in [0.3, 0.4) is 0 Å². The first kappa shape index (κ1) is 21.5. The highest BCUT2D eigenvalue weighted by molar-refractivity contribution is 6.08. The van der Waals surface area contributed by atoms with Gasteiger partial charge in [-0.05, 0) is 56.4 Å². The van der Waals surface area contributed by atoms with Gasteiger partial charge in [-0.25, -0.2) is 4.98 Å². The molecular formula is C26H30N4O3. The molecule has 5 rings (SSSR count). The Morgan fingerprint density at radius 3 is 2.79 bits per heavy atom. The van der Waals surface area contributed by atoms with Crippen molar-refractivity contribution < 1.29 is 14.3 Å². The van der Waals surface area contributed by atoms with Gasteiger partial charge in [-0.3, -0.25) is 9.59 Å². The third-order valence-corrected chi connectivity index (χ3v) is 6.95. The van der Waals surface area contributed by atoms with Gasteiger partial charge in [0.15, 0.2) is 0 Å². The van der Waals surface area contributed by atoms with Crippen molar-refractivity contribution >= 4 is 28.5 Å². The summed E-state index contributed by atoms with van der Waals surface area (Å²) in [5.74, 6) is 1.99. The van der Waals surface area contributed by atoms with Crippen LogP contribution in [0.25, 0.3) is 22.4 Å². The average molecular weight is 447 g/mol. The van der Waals surface area contributed by atoms with Gasteiger partial charge < -0.3 is 19.5 Å². The van der Waals surface area contributed by atoms with Gasteiger partial charge in [0, 0.05) is 37.3 Å². The van der Waals surface area contributed by atoms with Crippen LogP contribution in [0.4, 0.5) is 5.69 Å². The monoisotopic (exact) mass is 446 g/mol. The van der Waals surface area contributed by atoms with Gasteiger partial charge in [-0.2, -0.15) is 0 Å². The van der Waals surface area contributed by atoms with Crippen molar-refractivity contribution in [2.24, 2.45) is 5.92 Å². The molecule has 1 saturated heterocycles. The van der Waals surface area contributed by atoms with Gasteiger partial charge in [0.25, 0.3) is 5.91 Å². The summed E-state index contributed by atoms with van der Waals surface area (Å²) < 4.78 is 7.51. The summed E-state index contributed by atoms with van der Waals surface area (Å²) in [4.78, 5) is 32.7. The van der Waals surface area contributed by atoms with Crippen molar-refractivity contribution in [2.45, 2.75) is 52.1 Å². The van der Waals surface area contributed by atoms with Crippen molar-refractivity contribution in [3.63, 3.8) is 0 Å². The number of hydrogen-bond donors (Lipinski definition) is 1. The topological polar surface area (TPSA) is 76.5 Å². The van der Waals surface area contributed by atoms with E-state index in [4.69, 9.17) is 9.72 Å². The SMILES string of the molecule is CCn1c(-c2cccc(OC)c2)nc2cc(NC(C)=O)cc(C(=O)N3C[C@H]4CCC[C@@H]3C4)c21. The number of methoxy groups -OCH3 is 1. The van der Waals surface area contributed by atoms with E-state index in [1.807, 2.05) is 36.4 Å². The molecule has 2 fully saturated rings. The molecule has 0 radical (unpaired) electrons. The summed E-state index contributed by atoms with van der Waals surface area (Å²) in [6.07, 6.45) is 4.56. The number of carbonyl (C=O) groups excluding carboxylic acids is 2. The summed E-state index contributed by atoms with van der Waals surface area (Å²) >= 11 is 0. The molecule has 1 saturated carbocycles. The number of anilines is 1. The van der Waals surface area contributed by atoms with E-state index < -0.39 is 0 Å². The maximum absolute atomic E-state index is 13.9. The van der Waals surface area contributed by atoms with E-state index >= 15 is 0 Å². The number of hydrogen-bond acceptors (Lipinski definition) is 4. The van der Waals surface area contributed by atoms with Crippen LogP contribution >= 0.6 is 0 Å². The van der Waals surface area contributed by atoms with Crippen molar-refractivity contribution in [2.75, 3.05) is 19.0 Å². The third kappa shape index (κ3) is 3.86. The number of fused-ring (bicyclic) bond motifs is 3. The van der Waals surface area contributed by atoms with Gasteiger partial charge >= 0.3 is 0 Å². The summed E-state index contributed by atoms with van der Waals surface area (Å²) in [5, 5.41) is 2.85. The fraction of sp³-hybridized carbons (Fsp3) is 0.423. The van der Waals surface area contributed by atoms with Crippen LogP contribution in [0.2, 0.25) is 0 Å². The largest absolute Gasteiger partial charge is 0.497 e. The smallest absolute Gasteiger partial charge is 0.256 e. The van der Waals surface area contributed by atoms with Crippen LogP contribution in [0, 0.1) is 5.92 Å². The minimum absolute atomic E-state index is 0.0356. The van der Waals surface area contributed by atoms with Crippen molar-refractivity contribution in [1.82, 2.24) is 14.5 Å². The molecule has 172 valence electrons. The number of likely N-dealkylation sites (tertiary alicyclic amines) is 1. The maximum atomic E-state index is 13.9. The van der Waals surface area contributed by atoms with Crippen molar-refractivity contribution in [1.29, 1.82) is 0 Å². The Kier molecular flexibility index (Phi) is 5.56. The third-order valence-electron chi connectivity index (χ3n) is 6.95. The Labute approximate surface area is 193 Å². The standard InChI is InChI=1S/C26H30N4O3/c1-4-29-24-22(26(32)30-15-17-7-5-9-20(30)11-17)13-19(27-16(2)31)14-23(24)28-25(29)18-8-6-10-21(12-18)33-3/h6,8,10,12-14,17,20H,4-5,7,9,11,15H2,1-3H3,(H,27,31)/t17-,20+/m0/s1. The second-order valence-electron chi connectivity index (χ2n) is 9.13. The molecule has 2 aromatic carbocycles. The molecule has 3 aromatic rings. The molecule has 33 heavy (non-hydrogen) atoms. The van der Waals surface area contributed by atoms with E-state index in [2.05, 4.69) is 21.7 Å². The van der Waals surface area contributed by atoms with Crippen LogP contribution in [-0.4, -0.2) is 46.0 Å². The number of benzene rings is 2. The zero-order valence-corrected chi connectivity index (χ0v) is 19.4. The summed E-state index contributed by atoms with van der Waals surface area (Å²) in [7, 11) is 1.64. The minimum atomic E-state index is -0.173.